The lowest BCUT2D eigenvalue weighted by Gasteiger charge is -2.14. The standard InChI is InChI=1S/C27H26FN3O4.ClH/c1-4-34-24-14-19(11-12-22(24)21-8-6-5-7-17(21)2)27-29-26(30-35-27)18-9-10-20(23(28)13-18)15-31(3)16-25(32)33;/h5-14H,4,15-16H2,1-3H3,(H,32,33);1H. The predicted octanol–water partition coefficient (Wildman–Crippen LogP) is 5.86. The number of halogens is 2. The number of aromatic nitrogens is 2. The lowest BCUT2D eigenvalue weighted by atomic mass is 9.98. The Morgan fingerprint density at radius 1 is 1.08 bits per heavy atom. The smallest absolute Gasteiger partial charge is 0.317 e. The number of benzene rings is 3. The van der Waals surface area contributed by atoms with Crippen molar-refractivity contribution in [3.05, 3.63) is 77.6 Å². The van der Waals surface area contributed by atoms with Crippen molar-refractivity contribution in [3.63, 3.8) is 0 Å². The Balaban J connectivity index is 0.00000361. The van der Waals surface area contributed by atoms with Gasteiger partial charge < -0.3 is 14.4 Å². The predicted molar refractivity (Wildman–Crippen MR) is 138 cm³/mol. The summed E-state index contributed by atoms with van der Waals surface area (Å²) in [6.45, 7) is 4.48. The molecule has 9 heteroatoms. The topological polar surface area (TPSA) is 88.7 Å². The number of hydrogen-bond acceptors (Lipinski definition) is 6. The molecular formula is C27H27ClFN3O4. The molecule has 1 aromatic heterocycles. The van der Waals surface area contributed by atoms with Crippen molar-refractivity contribution >= 4 is 18.4 Å². The maximum absolute atomic E-state index is 14.7. The number of rotatable bonds is 9. The van der Waals surface area contributed by atoms with Crippen molar-refractivity contribution in [2.45, 2.75) is 20.4 Å². The Morgan fingerprint density at radius 2 is 1.83 bits per heavy atom. The Labute approximate surface area is 214 Å². The molecule has 0 saturated carbocycles. The van der Waals surface area contributed by atoms with Gasteiger partial charge in [-0.3, -0.25) is 9.69 Å². The van der Waals surface area contributed by atoms with Gasteiger partial charge in [-0.15, -0.1) is 12.4 Å². The molecule has 0 atom stereocenters. The van der Waals surface area contributed by atoms with Gasteiger partial charge in [-0.2, -0.15) is 4.98 Å². The minimum Gasteiger partial charge on any atom is -0.493 e. The molecule has 4 rings (SSSR count). The molecule has 0 bridgehead atoms. The molecule has 0 saturated heterocycles. The molecule has 0 aliphatic carbocycles. The average molecular weight is 512 g/mol. The monoisotopic (exact) mass is 511 g/mol. The fraction of sp³-hybridized carbons (Fsp3) is 0.222. The minimum atomic E-state index is -0.969. The minimum absolute atomic E-state index is 0. The van der Waals surface area contributed by atoms with E-state index in [0.29, 0.717) is 34.9 Å². The zero-order chi connectivity index (χ0) is 24.9. The van der Waals surface area contributed by atoms with Crippen LogP contribution in [0.4, 0.5) is 4.39 Å². The molecule has 3 aromatic carbocycles. The van der Waals surface area contributed by atoms with E-state index in [4.69, 9.17) is 14.4 Å². The van der Waals surface area contributed by atoms with Crippen molar-refractivity contribution < 1.29 is 23.6 Å². The van der Waals surface area contributed by atoms with Crippen molar-refractivity contribution in [1.29, 1.82) is 0 Å². The molecule has 0 radical (unpaired) electrons. The van der Waals surface area contributed by atoms with Crippen LogP contribution in [0, 0.1) is 12.7 Å². The van der Waals surface area contributed by atoms with E-state index in [1.807, 2.05) is 37.3 Å². The normalized spacial score (nSPS) is 10.8. The summed E-state index contributed by atoms with van der Waals surface area (Å²) in [5, 5.41) is 12.9. The van der Waals surface area contributed by atoms with E-state index in [0.717, 1.165) is 16.7 Å². The second kappa shape index (κ2) is 11.8. The molecule has 1 N–H and O–H groups in total. The van der Waals surface area contributed by atoms with Crippen molar-refractivity contribution in [3.8, 4) is 39.7 Å². The highest BCUT2D eigenvalue weighted by Crippen LogP contribution is 2.36. The number of ether oxygens (including phenoxy) is 1. The third-order valence-corrected chi connectivity index (χ3v) is 5.55. The maximum Gasteiger partial charge on any atom is 0.317 e. The van der Waals surface area contributed by atoms with Gasteiger partial charge in [0.15, 0.2) is 0 Å². The fourth-order valence-corrected chi connectivity index (χ4v) is 3.88. The van der Waals surface area contributed by atoms with E-state index >= 15 is 0 Å². The molecule has 0 amide bonds. The molecule has 4 aromatic rings. The number of aliphatic carboxylic acids is 1. The summed E-state index contributed by atoms with van der Waals surface area (Å²) in [6, 6.07) is 18.4. The molecular weight excluding hydrogens is 485 g/mol. The molecule has 1 heterocycles. The van der Waals surface area contributed by atoms with Crippen LogP contribution >= 0.6 is 12.4 Å². The Bertz CT molecular complexity index is 1360. The van der Waals surface area contributed by atoms with Crippen LogP contribution in [-0.2, 0) is 11.3 Å². The van der Waals surface area contributed by atoms with Gasteiger partial charge >= 0.3 is 5.97 Å². The number of carboxylic acids is 1. The van der Waals surface area contributed by atoms with Crippen LogP contribution in [0.5, 0.6) is 5.75 Å². The third kappa shape index (κ3) is 6.08. The van der Waals surface area contributed by atoms with Crippen LogP contribution < -0.4 is 4.74 Å². The number of carboxylic acid groups (broad SMARTS) is 1. The van der Waals surface area contributed by atoms with Gasteiger partial charge in [0.05, 0.1) is 13.2 Å². The van der Waals surface area contributed by atoms with Crippen molar-refractivity contribution in [2.24, 2.45) is 0 Å². The highest BCUT2D eigenvalue weighted by molar-refractivity contribution is 5.85. The SMILES string of the molecule is CCOc1cc(-c2nc(-c3ccc(CN(C)CC(=O)O)c(F)c3)no2)ccc1-c1ccccc1C.Cl. The first-order valence-corrected chi connectivity index (χ1v) is 11.2. The summed E-state index contributed by atoms with van der Waals surface area (Å²) < 4.78 is 26.0. The maximum atomic E-state index is 14.7. The first kappa shape index (κ1) is 26.8. The van der Waals surface area contributed by atoms with Crippen molar-refractivity contribution in [2.75, 3.05) is 20.2 Å². The second-order valence-corrected chi connectivity index (χ2v) is 8.25. The largest absolute Gasteiger partial charge is 0.493 e. The Hall–Kier alpha value is -3.75. The lowest BCUT2D eigenvalue weighted by Crippen LogP contribution is -2.25. The zero-order valence-electron chi connectivity index (χ0n) is 20.2. The summed E-state index contributed by atoms with van der Waals surface area (Å²) in [5.74, 6) is -0.177. The number of likely N-dealkylation sites (N-methyl/N-ethyl adjacent to an activating group) is 1. The van der Waals surface area contributed by atoms with E-state index in [2.05, 4.69) is 29.2 Å². The van der Waals surface area contributed by atoms with Gasteiger partial charge in [-0.1, -0.05) is 41.6 Å². The van der Waals surface area contributed by atoms with E-state index in [9.17, 15) is 9.18 Å². The molecule has 0 aliphatic heterocycles. The number of carbonyl (C=O) groups is 1. The van der Waals surface area contributed by atoms with Gasteiger partial charge in [0, 0.05) is 28.8 Å². The summed E-state index contributed by atoms with van der Waals surface area (Å²) in [6.07, 6.45) is 0. The van der Waals surface area contributed by atoms with E-state index in [1.54, 1.807) is 19.2 Å². The molecule has 7 nitrogen and oxygen atoms in total. The number of aryl methyl sites for hydroxylation is 1. The van der Waals surface area contributed by atoms with Crippen LogP contribution in [0.3, 0.4) is 0 Å². The lowest BCUT2D eigenvalue weighted by molar-refractivity contribution is -0.138. The van der Waals surface area contributed by atoms with Gasteiger partial charge in [0.2, 0.25) is 5.82 Å². The van der Waals surface area contributed by atoms with Gasteiger partial charge in [0.25, 0.3) is 5.89 Å². The van der Waals surface area contributed by atoms with Gasteiger partial charge in [-0.05, 0) is 56.3 Å². The summed E-state index contributed by atoms with van der Waals surface area (Å²) in [4.78, 5) is 16.8. The first-order chi connectivity index (χ1) is 16.9. The fourth-order valence-electron chi connectivity index (χ4n) is 3.88. The summed E-state index contributed by atoms with van der Waals surface area (Å²) >= 11 is 0. The molecule has 188 valence electrons. The molecule has 0 unspecified atom stereocenters. The highest BCUT2D eigenvalue weighted by atomic mass is 35.5. The Morgan fingerprint density at radius 3 is 2.53 bits per heavy atom. The van der Waals surface area contributed by atoms with Crippen LogP contribution in [0.25, 0.3) is 34.0 Å². The van der Waals surface area contributed by atoms with E-state index < -0.39 is 11.8 Å². The molecule has 36 heavy (non-hydrogen) atoms. The highest BCUT2D eigenvalue weighted by Gasteiger charge is 2.17. The van der Waals surface area contributed by atoms with E-state index in [1.165, 1.54) is 11.0 Å². The quantitative estimate of drug-likeness (QED) is 0.301. The zero-order valence-corrected chi connectivity index (χ0v) is 21.0. The number of nitrogens with zero attached hydrogens (tertiary/aromatic N) is 3. The molecule has 0 aliphatic rings. The third-order valence-electron chi connectivity index (χ3n) is 5.55. The molecule has 0 fully saturated rings. The molecule has 0 spiro atoms. The Kier molecular flexibility index (Phi) is 8.79. The number of hydrogen-bond donors (Lipinski definition) is 1. The van der Waals surface area contributed by atoms with Crippen molar-refractivity contribution in [1.82, 2.24) is 15.0 Å². The van der Waals surface area contributed by atoms with Gasteiger partial charge in [-0.25, -0.2) is 4.39 Å². The summed E-state index contributed by atoms with van der Waals surface area (Å²) in [7, 11) is 1.62. The van der Waals surface area contributed by atoms with Crippen LogP contribution in [0.2, 0.25) is 0 Å². The summed E-state index contributed by atoms with van der Waals surface area (Å²) in [5.41, 5.74) is 4.73. The van der Waals surface area contributed by atoms with Crippen LogP contribution in [-0.4, -0.2) is 46.3 Å². The first-order valence-electron chi connectivity index (χ1n) is 11.2. The average Bonchev–Trinajstić information content (AvgIpc) is 3.31. The second-order valence-electron chi connectivity index (χ2n) is 8.25. The van der Waals surface area contributed by atoms with E-state index in [-0.39, 0.29) is 31.3 Å². The van der Waals surface area contributed by atoms with Crippen LogP contribution in [0.1, 0.15) is 18.1 Å². The van der Waals surface area contributed by atoms with Gasteiger partial charge in [0.1, 0.15) is 11.6 Å². The van der Waals surface area contributed by atoms with Crippen LogP contribution in [0.15, 0.2) is 65.2 Å².